The van der Waals surface area contributed by atoms with Gasteiger partial charge < -0.3 is 15.0 Å². The molecule has 0 aromatic heterocycles. The van der Waals surface area contributed by atoms with Gasteiger partial charge in [0.1, 0.15) is 0 Å². The van der Waals surface area contributed by atoms with Crippen LogP contribution in [0.25, 0.3) is 0 Å². The van der Waals surface area contributed by atoms with E-state index in [1.54, 1.807) is 0 Å². The summed E-state index contributed by atoms with van der Waals surface area (Å²) < 4.78 is 5.98. The van der Waals surface area contributed by atoms with Gasteiger partial charge in [0, 0.05) is 33.3 Å². The van der Waals surface area contributed by atoms with Crippen molar-refractivity contribution in [3.05, 3.63) is 0 Å². The van der Waals surface area contributed by atoms with Crippen LogP contribution in [0.5, 0.6) is 0 Å². The number of likely N-dealkylation sites (tertiary alicyclic amines) is 1. The minimum absolute atomic E-state index is 0.425. The summed E-state index contributed by atoms with van der Waals surface area (Å²) in [6.07, 6.45) is 12.1. The molecule has 1 N–H and O–H groups in total. The Bertz CT molecular complexity index is 362. The van der Waals surface area contributed by atoms with Crippen LogP contribution in [-0.2, 0) is 4.74 Å². The average molecular weight is 324 g/mol. The number of hydrogen-bond donors (Lipinski definition) is 1. The molecule has 1 heterocycles. The zero-order chi connectivity index (χ0) is 16.5. The van der Waals surface area contributed by atoms with Crippen LogP contribution in [0, 0.1) is 5.41 Å². The number of nitrogens with zero attached hydrogens (tertiary/aromatic N) is 2. The summed E-state index contributed by atoms with van der Waals surface area (Å²) in [6, 6.07) is 0. The van der Waals surface area contributed by atoms with Crippen molar-refractivity contribution in [3.8, 4) is 0 Å². The molecule has 0 unspecified atom stereocenters. The van der Waals surface area contributed by atoms with E-state index in [1.165, 1.54) is 57.8 Å². The Morgan fingerprint density at radius 3 is 2.61 bits per heavy atom. The van der Waals surface area contributed by atoms with E-state index in [0.29, 0.717) is 11.5 Å². The summed E-state index contributed by atoms with van der Waals surface area (Å²) in [5.41, 5.74) is 0.425. The molecule has 0 spiro atoms. The van der Waals surface area contributed by atoms with E-state index in [1.807, 2.05) is 7.05 Å². The number of aliphatic imine (C=N–C) groups is 1. The van der Waals surface area contributed by atoms with Crippen LogP contribution in [0.4, 0.5) is 0 Å². The fraction of sp³-hybridized carbons (Fsp3) is 0.947. The summed E-state index contributed by atoms with van der Waals surface area (Å²) in [5.74, 6) is 1.08. The van der Waals surface area contributed by atoms with E-state index in [-0.39, 0.29) is 0 Å². The van der Waals surface area contributed by atoms with Gasteiger partial charge in [-0.25, -0.2) is 0 Å². The normalized spacial score (nSPS) is 22.6. The number of rotatable bonds is 7. The number of unbranched alkanes of at least 4 members (excludes halogenated alkanes) is 2. The smallest absolute Gasteiger partial charge is 0.193 e. The quantitative estimate of drug-likeness (QED) is 0.440. The summed E-state index contributed by atoms with van der Waals surface area (Å²) in [5, 5.41) is 3.52. The monoisotopic (exact) mass is 323 g/mol. The summed E-state index contributed by atoms with van der Waals surface area (Å²) in [4.78, 5) is 6.83. The highest BCUT2D eigenvalue weighted by Crippen LogP contribution is 2.28. The van der Waals surface area contributed by atoms with Crippen LogP contribution in [0.1, 0.15) is 71.6 Å². The zero-order valence-corrected chi connectivity index (χ0v) is 15.6. The average Bonchev–Trinajstić information content (AvgIpc) is 2.91. The van der Waals surface area contributed by atoms with E-state index in [9.17, 15) is 0 Å². The van der Waals surface area contributed by atoms with Gasteiger partial charge in [-0.05, 0) is 43.9 Å². The molecule has 0 radical (unpaired) electrons. The predicted molar refractivity (Wildman–Crippen MR) is 98.0 cm³/mol. The molecule has 2 aliphatic rings. The standard InChI is InChI=1S/C19H37N3O/c1-19(2)12-14-22(16-19)18(20-3)21-13-8-5-9-15-23-17-10-6-4-7-11-17/h17H,4-16H2,1-3H3,(H,20,21). The van der Waals surface area contributed by atoms with Crippen molar-refractivity contribution in [2.24, 2.45) is 10.4 Å². The molecule has 1 aliphatic heterocycles. The SMILES string of the molecule is CN=C(NCCCCCOC1CCCCC1)N1CCC(C)(C)C1. The summed E-state index contributed by atoms with van der Waals surface area (Å²) >= 11 is 0. The predicted octanol–water partition coefficient (Wildman–Crippen LogP) is 3.81. The van der Waals surface area contributed by atoms with Crippen molar-refractivity contribution in [2.75, 3.05) is 33.3 Å². The molecule has 0 aromatic rings. The van der Waals surface area contributed by atoms with Gasteiger partial charge in [0.2, 0.25) is 0 Å². The van der Waals surface area contributed by atoms with E-state index in [4.69, 9.17) is 4.74 Å². The molecule has 1 aliphatic carbocycles. The molecular weight excluding hydrogens is 286 g/mol. The second-order valence-electron chi connectivity index (χ2n) is 8.00. The van der Waals surface area contributed by atoms with Gasteiger partial charge >= 0.3 is 0 Å². The molecule has 134 valence electrons. The molecule has 0 atom stereocenters. The lowest BCUT2D eigenvalue weighted by Gasteiger charge is -2.23. The van der Waals surface area contributed by atoms with Gasteiger partial charge in [-0.2, -0.15) is 0 Å². The second kappa shape index (κ2) is 9.51. The Hall–Kier alpha value is -0.770. The Balaban J connectivity index is 1.49. The summed E-state index contributed by atoms with van der Waals surface area (Å²) in [6.45, 7) is 8.88. The largest absolute Gasteiger partial charge is 0.378 e. The maximum atomic E-state index is 5.98. The Morgan fingerprint density at radius 2 is 1.96 bits per heavy atom. The molecule has 2 fully saturated rings. The molecule has 2 rings (SSSR count). The molecular formula is C19H37N3O. The topological polar surface area (TPSA) is 36.9 Å². The number of nitrogens with one attached hydrogen (secondary N) is 1. The van der Waals surface area contributed by atoms with Crippen LogP contribution >= 0.6 is 0 Å². The van der Waals surface area contributed by atoms with E-state index < -0.39 is 0 Å². The minimum Gasteiger partial charge on any atom is -0.378 e. The Morgan fingerprint density at radius 1 is 1.17 bits per heavy atom. The Kier molecular flexibility index (Phi) is 7.68. The van der Waals surface area contributed by atoms with Crippen molar-refractivity contribution < 1.29 is 4.74 Å². The number of guanidine groups is 1. The van der Waals surface area contributed by atoms with Crippen molar-refractivity contribution in [1.29, 1.82) is 0 Å². The van der Waals surface area contributed by atoms with Crippen LogP contribution in [0.3, 0.4) is 0 Å². The molecule has 1 saturated heterocycles. The zero-order valence-electron chi connectivity index (χ0n) is 15.6. The van der Waals surface area contributed by atoms with Crippen LogP contribution in [0.15, 0.2) is 4.99 Å². The highest BCUT2D eigenvalue weighted by Gasteiger charge is 2.30. The van der Waals surface area contributed by atoms with Gasteiger partial charge in [0.25, 0.3) is 0 Å². The first-order valence-corrected chi connectivity index (χ1v) is 9.68. The highest BCUT2D eigenvalue weighted by atomic mass is 16.5. The van der Waals surface area contributed by atoms with Crippen molar-refractivity contribution in [1.82, 2.24) is 10.2 Å². The fourth-order valence-electron chi connectivity index (χ4n) is 3.71. The molecule has 4 nitrogen and oxygen atoms in total. The summed E-state index contributed by atoms with van der Waals surface area (Å²) in [7, 11) is 1.89. The lowest BCUT2D eigenvalue weighted by atomic mass is 9.93. The first kappa shape index (κ1) is 18.6. The van der Waals surface area contributed by atoms with Crippen molar-refractivity contribution in [3.63, 3.8) is 0 Å². The van der Waals surface area contributed by atoms with Crippen molar-refractivity contribution in [2.45, 2.75) is 77.7 Å². The van der Waals surface area contributed by atoms with Gasteiger partial charge in [-0.1, -0.05) is 33.1 Å². The molecule has 1 saturated carbocycles. The van der Waals surface area contributed by atoms with Crippen LogP contribution < -0.4 is 5.32 Å². The Labute approximate surface area is 143 Å². The van der Waals surface area contributed by atoms with Crippen LogP contribution in [0.2, 0.25) is 0 Å². The molecule has 0 amide bonds. The van der Waals surface area contributed by atoms with Gasteiger partial charge in [0.15, 0.2) is 5.96 Å². The van der Waals surface area contributed by atoms with Crippen molar-refractivity contribution >= 4 is 5.96 Å². The number of ether oxygens (including phenoxy) is 1. The third-order valence-electron chi connectivity index (χ3n) is 5.20. The third-order valence-corrected chi connectivity index (χ3v) is 5.20. The first-order chi connectivity index (χ1) is 11.1. The van der Waals surface area contributed by atoms with Crippen LogP contribution in [-0.4, -0.2) is 50.3 Å². The lowest BCUT2D eigenvalue weighted by molar-refractivity contribution is 0.0264. The van der Waals surface area contributed by atoms with E-state index in [0.717, 1.165) is 32.2 Å². The first-order valence-electron chi connectivity index (χ1n) is 9.68. The number of hydrogen-bond acceptors (Lipinski definition) is 2. The van der Waals surface area contributed by atoms with Gasteiger partial charge in [-0.3, -0.25) is 4.99 Å². The van der Waals surface area contributed by atoms with Gasteiger partial charge in [0.05, 0.1) is 6.10 Å². The lowest BCUT2D eigenvalue weighted by Crippen LogP contribution is -2.41. The maximum Gasteiger partial charge on any atom is 0.193 e. The molecule has 4 heteroatoms. The maximum absolute atomic E-state index is 5.98. The van der Waals surface area contributed by atoms with Gasteiger partial charge in [-0.15, -0.1) is 0 Å². The fourth-order valence-corrected chi connectivity index (χ4v) is 3.71. The second-order valence-corrected chi connectivity index (χ2v) is 8.00. The molecule has 0 aromatic carbocycles. The van der Waals surface area contributed by atoms with E-state index >= 15 is 0 Å². The highest BCUT2D eigenvalue weighted by molar-refractivity contribution is 5.80. The minimum atomic E-state index is 0.425. The molecule has 0 bridgehead atoms. The van der Waals surface area contributed by atoms with E-state index in [2.05, 4.69) is 29.1 Å². The third kappa shape index (κ3) is 6.70. The molecule has 23 heavy (non-hydrogen) atoms.